The van der Waals surface area contributed by atoms with E-state index in [2.05, 4.69) is 19.9 Å². The van der Waals surface area contributed by atoms with Gasteiger partial charge < -0.3 is 15.0 Å². The number of hydrazine groups is 1. The third kappa shape index (κ3) is 4.39. The van der Waals surface area contributed by atoms with E-state index >= 15 is 0 Å². The molecule has 0 saturated carbocycles. The number of halogens is 1. The van der Waals surface area contributed by atoms with E-state index < -0.39 is 23.1 Å². The van der Waals surface area contributed by atoms with Gasteiger partial charge in [-0.2, -0.15) is 0 Å². The van der Waals surface area contributed by atoms with E-state index in [0.717, 1.165) is 27.4 Å². The second-order valence-corrected chi connectivity index (χ2v) is 10.3. The third-order valence-electron chi connectivity index (χ3n) is 6.55. The monoisotopic (exact) mass is 499 g/mol. The Morgan fingerprint density at radius 2 is 1.89 bits per heavy atom. The fourth-order valence-electron chi connectivity index (χ4n) is 4.96. The van der Waals surface area contributed by atoms with Gasteiger partial charge in [0.15, 0.2) is 0 Å². The van der Waals surface area contributed by atoms with Gasteiger partial charge in [-0.15, -0.1) is 0 Å². The fraction of sp³-hybridized carbons (Fsp3) is 0.417. The summed E-state index contributed by atoms with van der Waals surface area (Å²) in [5.41, 5.74) is -0.281. The van der Waals surface area contributed by atoms with Crippen molar-refractivity contribution in [2.24, 2.45) is 5.84 Å². The van der Waals surface area contributed by atoms with Crippen LogP contribution >= 0.6 is 11.6 Å². The third-order valence-corrected chi connectivity index (χ3v) is 6.97. The lowest BCUT2D eigenvalue weighted by atomic mass is 9.81. The lowest BCUT2D eigenvalue weighted by molar-refractivity contribution is -0.135. The van der Waals surface area contributed by atoms with Crippen LogP contribution in [0.25, 0.3) is 11.0 Å². The molecule has 0 bridgehead atoms. The molecular formula is C24H30ClN7O3. The molecule has 0 radical (unpaired) electrons. The van der Waals surface area contributed by atoms with Crippen molar-refractivity contribution >= 4 is 46.1 Å². The molecule has 4 rings (SSSR count). The summed E-state index contributed by atoms with van der Waals surface area (Å²) in [5.74, 6) is 6.61. The number of aromatic nitrogens is 3. The number of anilines is 2. The van der Waals surface area contributed by atoms with Crippen LogP contribution in [0.15, 0.2) is 36.8 Å². The van der Waals surface area contributed by atoms with Gasteiger partial charge in [-0.05, 0) is 70.4 Å². The Labute approximate surface area is 208 Å². The van der Waals surface area contributed by atoms with Gasteiger partial charge in [0.05, 0.1) is 11.1 Å². The molecule has 1 aliphatic rings. The number of nitrogens with two attached hydrogens (primary N) is 1. The molecule has 1 aliphatic heterocycles. The standard InChI is InChI=1S/C24H30ClN7O3/c1-15-13-16(5-6-18(15)25)31(26)21(33)24(32(22(34)35)23(2,3)4)8-11-30(12-9-24)20-17-7-10-27-19(17)28-14-29-20/h5-7,10,13-14H,8-9,11-12,26H2,1-4H3,(H,34,35)(H,27,28,29). The first-order valence-corrected chi connectivity index (χ1v) is 11.8. The van der Waals surface area contributed by atoms with Gasteiger partial charge in [0.25, 0.3) is 5.91 Å². The maximum absolute atomic E-state index is 14.0. The van der Waals surface area contributed by atoms with E-state index in [9.17, 15) is 14.7 Å². The van der Waals surface area contributed by atoms with Gasteiger partial charge in [-0.25, -0.2) is 25.6 Å². The number of carboxylic acid groups (broad SMARTS) is 1. The van der Waals surface area contributed by atoms with Gasteiger partial charge in [0.1, 0.15) is 23.3 Å². The molecule has 2 aromatic heterocycles. The van der Waals surface area contributed by atoms with Crippen LogP contribution in [0.1, 0.15) is 39.2 Å². The molecule has 0 aliphatic carbocycles. The van der Waals surface area contributed by atoms with Crippen LogP contribution in [0, 0.1) is 6.92 Å². The predicted molar refractivity (Wildman–Crippen MR) is 136 cm³/mol. The van der Waals surface area contributed by atoms with Crippen molar-refractivity contribution in [3.05, 3.63) is 47.4 Å². The summed E-state index contributed by atoms with van der Waals surface area (Å²) < 4.78 is 0. The van der Waals surface area contributed by atoms with E-state index in [1.807, 2.05) is 13.0 Å². The topological polar surface area (TPSA) is 132 Å². The molecule has 1 aromatic carbocycles. The molecule has 10 nitrogen and oxygen atoms in total. The molecule has 3 heterocycles. The van der Waals surface area contributed by atoms with Crippen molar-refractivity contribution in [3.63, 3.8) is 0 Å². The molecular weight excluding hydrogens is 470 g/mol. The number of piperidine rings is 1. The van der Waals surface area contributed by atoms with Gasteiger partial charge in [-0.3, -0.25) is 9.69 Å². The Hall–Kier alpha value is -3.37. The van der Waals surface area contributed by atoms with Crippen molar-refractivity contribution in [1.29, 1.82) is 0 Å². The van der Waals surface area contributed by atoms with Crippen LogP contribution in [-0.4, -0.2) is 61.1 Å². The minimum Gasteiger partial charge on any atom is -0.465 e. The lowest BCUT2D eigenvalue weighted by Gasteiger charge is -2.52. The number of hydrogen-bond acceptors (Lipinski definition) is 6. The van der Waals surface area contributed by atoms with Crippen LogP contribution in [-0.2, 0) is 4.79 Å². The number of amides is 2. The summed E-state index contributed by atoms with van der Waals surface area (Å²) in [4.78, 5) is 41.7. The van der Waals surface area contributed by atoms with E-state index in [-0.39, 0.29) is 12.8 Å². The molecule has 186 valence electrons. The number of nitrogens with zero attached hydrogens (tertiary/aromatic N) is 5. The highest BCUT2D eigenvalue weighted by atomic mass is 35.5. The summed E-state index contributed by atoms with van der Waals surface area (Å²) in [5, 5.41) is 12.7. The Morgan fingerprint density at radius 3 is 2.49 bits per heavy atom. The second kappa shape index (κ2) is 9.01. The molecule has 35 heavy (non-hydrogen) atoms. The van der Waals surface area contributed by atoms with Crippen LogP contribution in [0.2, 0.25) is 5.02 Å². The van der Waals surface area contributed by atoms with Crippen molar-refractivity contribution in [2.75, 3.05) is 23.0 Å². The molecule has 1 saturated heterocycles. The van der Waals surface area contributed by atoms with Crippen LogP contribution in [0.4, 0.5) is 16.3 Å². The molecule has 3 aromatic rings. The minimum atomic E-state index is -1.37. The summed E-state index contributed by atoms with van der Waals surface area (Å²) in [6, 6.07) is 6.95. The molecule has 0 spiro atoms. The summed E-state index contributed by atoms with van der Waals surface area (Å²) in [6.45, 7) is 7.99. The Kier molecular flexibility index (Phi) is 6.37. The molecule has 2 amide bonds. The zero-order chi connectivity index (χ0) is 25.5. The first kappa shape index (κ1) is 24.7. The molecule has 11 heteroatoms. The maximum Gasteiger partial charge on any atom is 0.408 e. The number of aromatic amines is 1. The number of carbonyl (C=O) groups excluding carboxylic acids is 1. The summed E-state index contributed by atoms with van der Waals surface area (Å²) >= 11 is 6.15. The molecule has 0 unspecified atom stereocenters. The quantitative estimate of drug-likeness (QED) is 0.281. The number of H-pyrrole nitrogens is 1. The number of hydrogen-bond donors (Lipinski definition) is 3. The smallest absolute Gasteiger partial charge is 0.408 e. The highest BCUT2D eigenvalue weighted by Gasteiger charge is 2.54. The average molecular weight is 500 g/mol. The zero-order valence-electron chi connectivity index (χ0n) is 20.2. The highest BCUT2D eigenvalue weighted by Crippen LogP contribution is 2.39. The highest BCUT2D eigenvalue weighted by molar-refractivity contribution is 6.31. The van der Waals surface area contributed by atoms with Gasteiger partial charge in [0, 0.05) is 29.8 Å². The fourth-order valence-corrected chi connectivity index (χ4v) is 5.08. The van der Waals surface area contributed by atoms with Gasteiger partial charge in [0.2, 0.25) is 0 Å². The van der Waals surface area contributed by atoms with E-state index in [0.29, 0.717) is 23.8 Å². The Bertz CT molecular complexity index is 1260. The number of rotatable bonds is 4. The van der Waals surface area contributed by atoms with Gasteiger partial charge in [-0.1, -0.05) is 11.6 Å². The largest absolute Gasteiger partial charge is 0.465 e. The lowest BCUT2D eigenvalue weighted by Crippen LogP contribution is -2.70. The Morgan fingerprint density at radius 1 is 1.20 bits per heavy atom. The van der Waals surface area contributed by atoms with Crippen molar-refractivity contribution < 1.29 is 14.7 Å². The molecule has 0 atom stereocenters. The van der Waals surface area contributed by atoms with Gasteiger partial charge >= 0.3 is 6.09 Å². The van der Waals surface area contributed by atoms with Crippen molar-refractivity contribution in [2.45, 2.75) is 51.6 Å². The zero-order valence-corrected chi connectivity index (χ0v) is 21.0. The maximum atomic E-state index is 14.0. The SMILES string of the molecule is Cc1cc(N(N)C(=O)C2(N(C(=O)O)C(C)(C)C)CCN(c3ncnc4[nH]ccc34)CC2)ccc1Cl. The Balaban J connectivity index is 1.72. The second-order valence-electron chi connectivity index (χ2n) is 9.85. The minimum absolute atomic E-state index is 0.242. The van der Waals surface area contributed by atoms with Crippen molar-refractivity contribution in [1.82, 2.24) is 19.9 Å². The summed E-state index contributed by atoms with van der Waals surface area (Å²) in [7, 11) is 0. The number of benzene rings is 1. The van der Waals surface area contributed by atoms with Crippen LogP contribution in [0.5, 0.6) is 0 Å². The normalized spacial score (nSPS) is 15.8. The van der Waals surface area contributed by atoms with E-state index in [1.165, 1.54) is 11.2 Å². The number of aryl methyl sites for hydroxylation is 1. The van der Waals surface area contributed by atoms with Crippen LogP contribution in [0.3, 0.4) is 0 Å². The summed E-state index contributed by atoms with van der Waals surface area (Å²) in [6.07, 6.45) is 2.60. The van der Waals surface area contributed by atoms with Crippen molar-refractivity contribution in [3.8, 4) is 0 Å². The number of carbonyl (C=O) groups is 2. The van der Waals surface area contributed by atoms with Crippen LogP contribution < -0.4 is 15.8 Å². The predicted octanol–water partition coefficient (Wildman–Crippen LogP) is 3.94. The first-order chi connectivity index (χ1) is 16.5. The van der Waals surface area contributed by atoms with E-state index in [1.54, 1.807) is 45.2 Å². The first-order valence-electron chi connectivity index (χ1n) is 11.4. The van der Waals surface area contributed by atoms with E-state index in [4.69, 9.17) is 17.4 Å². The average Bonchev–Trinajstić information content (AvgIpc) is 3.28. The number of fused-ring (bicyclic) bond motifs is 1. The molecule has 1 fully saturated rings. The molecule has 4 N–H and O–H groups in total. The number of nitrogens with one attached hydrogen (secondary N) is 1.